The minimum Gasteiger partial charge on any atom is -0.356 e. The summed E-state index contributed by atoms with van der Waals surface area (Å²) in [6, 6.07) is 7.89. The van der Waals surface area contributed by atoms with Crippen molar-refractivity contribution in [3.63, 3.8) is 0 Å². The molecule has 1 aliphatic rings. The lowest BCUT2D eigenvalue weighted by atomic mass is 9.96. The van der Waals surface area contributed by atoms with Crippen molar-refractivity contribution in [2.75, 3.05) is 20.1 Å². The molecule has 9 heteroatoms. The Bertz CT molecular complexity index is 798. The number of benzene rings is 1. The van der Waals surface area contributed by atoms with Gasteiger partial charge in [0.05, 0.1) is 5.01 Å². The standard InChI is InChI=1S/C18H20ClF3N4S/c1-23-16(24-9-6-15-26-14(10-27-15)18(20,21)22)25-11-17(7-8-17)12-2-4-13(19)5-3-12/h2-5,10H,6-9,11H2,1H3,(H2,23,24,25). The molecule has 0 aliphatic heterocycles. The number of hydrogen-bond acceptors (Lipinski definition) is 3. The fourth-order valence-electron chi connectivity index (χ4n) is 2.84. The van der Waals surface area contributed by atoms with Gasteiger partial charge < -0.3 is 10.6 Å². The molecule has 0 radical (unpaired) electrons. The van der Waals surface area contributed by atoms with Crippen molar-refractivity contribution in [2.24, 2.45) is 4.99 Å². The molecular weight excluding hydrogens is 397 g/mol. The average Bonchev–Trinajstić information content (AvgIpc) is 3.25. The summed E-state index contributed by atoms with van der Waals surface area (Å²) < 4.78 is 37.7. The maximum absolute atomic E-state index is 12.6. The van der Waals surface area contributed by atoms with Crippen LogP contribution in [0.15, 0.2) is 34.6 Å². The molecule has 1 heterocycles. The normalized spacial score (nSPS) is 16.3. The van der Waals surface area contributed by atoms with Gasteiger partial charge in [-0.3, -0.25) is 4.99 Å². The van der Waals surface area contributed by atoms with Crippen molar-refractivity contribution in [3.8, 4) is 0 Å². The zero-order valence-electron chi connectivity index (χ0n) is 14.7. The molecule has 27 heavy (non-hydrogen) atoms. The maximum Gasteiger partial charge on any atom is 0.434 e. The van der Waals surface area contributed by atoms with E-state index in [1.165, 1.54) is 5.56 Å². The van der Waals surface area contributed by atoms with Gasteiger partial charge in [0.25, 0.3) is 0 Å². The third-order valence-corrected chi connectivity index (χ3v) is 5.76. The predicted molar refractivity (Wildman–Crippen MR) is 103 cm³/mol. The van der Waals surface area contributed by atoms with E-state index >= 15 is 0 Å². The van der Waals surface area contributed by atoms with Gasteiger partial charge in [-0.1, -0.05) is 23.7 Å². The Hall–Kier alpha value is -1.80. The van der Waals surface area contributed by atoms with Crippen LogP contribution in [0, 0.1) is 0 Å². The van der Waals surface area contributed by atoms with E-state index in [2.05, 4.69) is 20.6 Å². The fourth-order valence-corrected chi connectivity index (χ4v) is 3.77. The molecule has 0 unspecified atom stereocenters. The van der Waals surface area contributed by atoms with E-state index in [4.69, 9.17) is 11.6 Å². The fraction of sp³-hybridized carbons (Fsp3) is 0.444. The van der Waals surface area contributed by atoms with Crippen LogP contribution in [-0.4, -0.2) is 31.1 Å². The van der Waals surface area contributed by atoms with E-state index in [-0.39, 0.29) is 5.41 Å². The minimum atomic E-state index is -4.39. The van der Waals surface area contributed by atoms with E-state index in [1.807, 2.05) is 24.3 Å². The molecule has 0 bridgehead atoms. The summed E-state index contributed by atoms with van der Waals surface area (Å²) in [7, 11) is 1.67. The molecule has 146 valence electrons. The first-order valence-corrected chi connectivity index (χ1v) is 9.80. The van der Waals surface area contributed by atoms with Crippen molar-refractivity contribution in [1.29, 1.82) is 0 Å². The van der Waals surface area contributed by atoms with Crippen molar-refractivity contribution in [1.82, 2.24) is 15.6 Å². The zero-order chi connectivity index (χ0) is 19.5. The maximum atomic E-state index is 12.6. The van der Waals surface area contributed by atoms with Crippen LogP contribution in [-0.2, 0) is 18.0 Å². The molecular formula is C18H20ClF3N4S. The molecule has 2 N–H and O–H groups in total. The Kier molecular flexibility index (Phi) is 5.95. The molecule has 0 spiro atoms. The second-order valence-corrected chi connectivity index (χ2v) is 7.89. The van der Waals surface area contributed by atoms with Crippen LogP contribution < -0.4 is 10.6 Å². The highest BCUT2D eigenvalue weighted by molar-refractivity contribution is 7.09. The summed E-state index contributed by atoms with van der Waals surface area (Å²) in [5, 5.41) is 8.65. The Balaban J connectivity index is 1.47. The molecule has 0 amide bonds. The Morgan fingerprint density at radius 1 is 1.26 bits per heavy atom. The SMILES string of the molecule is CN=C(NCCc1nc(C(F)(F)F)cs1)NCC1(c2ccc(Cl)cc2)CC1. The summed E-state index contributed by atoms with van der Waals surface area (Å²) in [4.78, 5) is 7.81. The molecule has 4 nitrogen and oxygen atoms in total. The van der Waals surface area contributed by atoms with E-state index in [0.717, 1.165) is 41.1 Å². The van der Waals surface area contributed by atoms with Gasteiger partial charge in [-0.2, -0.15) is 13.2 Å². The van der Waals surface area contributed by atoms with Crippen molar-refractivity contribution >= 4 is 28.9 Å². The number of thiazole rings is 1. The number of guanidine groups is 1. The first-order chi connectivity index (χ1) is 12.8. The van der Waals surface area contributed by atoms with Crippen molar-refractivity contribution in [3.05, 3.63) is 50.9 Å². The summed E-state index contributed by atoms with van der Waals surface area (Å²) in [6.07, 6.45) is -1.79. The molecule has 1 fully saturated rings. The second kappa shape index (κ2) is 8.06. The first-order valence-electron chi connectivity index (χ1n) is 8.55. The topological polar surface area (TPSA) is 49.3 Å². The van der Waals surface area contributed by atoms with Gasteiger partial charge in [-0.05, 0) is 30.5 Å². The van der Waals surface area contributed by atoms with Crippen LogP contribution in [0.2, 0.25) is 5.02 Å². The van der Waals surface area contributed by atoms with E-state index < -0.39 is 11.9 Å². The van der Waals surface area contributed by atoms with Crippen molar-refractivity contribution in [2.45, 2.75) is 30.9 Å². The third-order valence-electron chi connectivity index (χ3n) is 4.60. The van der Waals surface area contributed by atoms with Crippen LogP contribution in [0.5, 0.6) is 0 Å². The number of nitrogens with zero attached hydrogens (tertiary/aromatic N) is 2. The van der Waals surface area contributed by atoms with Crippen LogP contribution >= 0.6 is 22.9 Å². The van der Waals surface area contributed by atoms with Gasteiger partial charge >= 0.3 is 6.18 Å². The third kappa shape index (κ3) is 5.13. The summed E-state index contributed by atoms with van der Waals surface area (Å²) >= 11 is 6.97. The highest BCUT2D eigenvalue weighted by atomic mass is 35.5. The van der Waals surface area contributed by atoms with Gasteiger partial charge in [0.1, 0.15) is 0 Å². The van der Waals surface area contributed by atoms with Crippen LogP contribution in [0.25, 0.3) is 0 Å². The minimum absolute atomic E-state index is 0.0964. The van der Waals surface area contributed by atoms with Gasteiger partial charge in [0.2, 0.25) is 0 Å². The zero-order valence-corrected chi connectivity index (χ0v) is 16.3. The van der Waals surface area contributed by atoms with Gasteiger partial charge in [0, 0.05) is 42.4 Å². The predicted octanol–water partition coefficient (Wildman–Crippen LogP) is 4.25. The molecule has 0 saturated heterocycles. The number of rotatable bonds is 6. The molecule has 3 rings (SSSR count). The Morgan fingerprint density at radius 3 is 2.52 bits per heavy atom. The second-order valence-electron chi connectivity index (χ2n) is 6.51. The molecule has 1 aromatic heterocycles. The van der Waals surface area contributed by atoms with Crippen LogP contribution in [0.3, 0.4) is 0 Å². The first kappa shape index (κ1) is 19.9. The number of nitrogens with one attached hydrogen (secondary N) is 2. The number of hydrogen-bond donors (Lipinski definition) is 2. The number of alkyl halides is 3. The summed E-state index contributed by atoms with van der Waals surface area (Å²) in [6.45, 7) is 1.20. The van der Waals surface area contributed by atoms with Gasteiger partial charge in [-0.25, -0.2) is 4.98 Å². The molecule has 0 atom stereocenters. The molecule has 1 saturated carbocycles. The lowest BCUT2D eigenvalue weighted by Gasteiger charge is -2.19. The van der Waals surface area contributed by atoms with E-state index in [0.29, 0.717) is 23.9 Å². The lowest BCUT2D eigenvalue weighted by molar-refractivity contribution is -0.140. The van der Waals surface area contributed by atoms with Crippen LogP contribution in [0.1, 0.15) is 29.1 Å². The van der Waals surface area contributed by atoms with Gasteiger partial charge in [-0.15, -0.1) is 11.3 Å². The van der Waals surface area contributed by atoms with Crippen LogP contribution in [0.4, 0.5) is 13.2 Å². The molecule has 2 aromatic rings. The highest BCUT2D eigenvalue weighted by Gasteiger charge is 2.44. The Morgan fingerprint density at radius 2 is 1.96 bits per heavy atom. The summed E-state index contributed by atoms with van der Waals surface area (Å²) in [5.74, 6) is 0.628. The van der Waals surface area contributed by atoms with Gasteiger partial charge in [0.15, 0.2) is 11.7 Å². The Labute approximate surface area is 164 Å². The van der Waals surface area contributed by atoms with E-state index in [1.54, 1.807) is 7.05 Å². The number of aliphatic imine (C=N–C) groups is 1. The van der Waals surface area contributed by atoms with Crippen molar-refractivity contribution < 1.29 is 13.2 Å². The number of aromatic nitrogens is 1. The number of halogens is 4. The average molecular weight is 417 g/mol. The monoisotopic (exact) mass is 416 g/mol. The quantitative estimate of drug-likeness (QED) is 0.546. The summed E-state index contributed by atoms with van der Waals surface area (Å²) in [5.41, 5.74) is 0.514. The molecule has 1 aromatic carbocycles. The highest BCUT2D eigenvalue weighted by Crippen LogP contribution is 2.47. The molecule has 1 aliphatic carbocycles. The van der Waals surface area contributed by atoms with E-state index in [9.17, 15) is 13.2 Å². The largest absolute Gasteiger partial charge is 0.434 e. The smallest absolute Gasteiger partial charge is 0.356 e. The lowest BCUT2D eigenvalue weighted by Crippen LogP contribution is -2.41.